The molecule has 0 aromatic heterocycles. The zero-order valence-electron chi connectivity index (χ0n) is 12.2. The second-order valence-corrected chi connectivity index (χ2v) is 5.63. The molecule has 102 valence electrons. The van der Waals surface area contributed by atoms with E-state index in [0.717, 1.165) is 26.2 Å². The van der Waals surface area contributed by atoms with Gasteiger partial charge in [-0.2, -0.15) is 0 Å². The van der Waals surface area contributed by atoms with Crippen LogP contribution in [0.15, 0.2) is 0 Å². The minimum Gasteiger partial charge on any atom is -0.373 e. The Hall–Kier alpha value is -0.120. The van der Waals surface area contributed by atoms with E-state index in [9.17, 15) is 0 Å². The summed E-state index contributed by atoms with van der Waals surface area (Å²) in [6.45, 7) is 15.7. The molecule has 3 heteroatoms. The maximum absolute atomic E-state index is 5.79. The molecule has 2 unspecified atom stereocenters. The zero-order valence-corrected chi connectivity index (χ0v) is 12.2. The van der Waals surface area contributed by atoms with Crippen LogP contribution in [0.3, 0.4) is 0 Å². The first-order valence-electron chi connectivity index (χ1n) is 7.14. The van der Waals surface area contributed by atoms with Crippen LogP contribution >= 0.6 is 0 Å². The number of rotatable bonds is 6. The van der Waals surface area contributed by atoms with Gasteiger partial charge >= 0.3 is 0 Å². The van der Waals surface area contributed by atoms with E-state index >= 15 is 0 Å². The average molecular weight is 242 g/mol. The highest BCUT2D eigenvalue weighted by Crippen LogP contribution is 2.17. The first kappa shape index (κ1) is 14.9. The fraction of sp³-hybridized carbons (Fsp3) is 1.00. The zero-order chi connectivity index (χ0) is 12.8. The molecule has 1 N–H and O–H groups in total. The molecule has 1 fully saturated rings. The minimum atomic E-state index is 0.372. The molecular weight excluding hydrogens is 212 g/mol. The number of nitrogens with zero attached hydrogens (tertiary/aromatic N) is 1. The van der Waals surface area contributed by atoms with E-state index in [2.05, 4.69) is 44.8 Å². The summed E-state index contributed by atoms with van der Waals surface area (Å²) >= 11 is 0. The Morgan fingerprint density at radius 3 is 2.35 bits per heavy atom. The van der Waals surface area contributed by atoms with Gasteiger partial charge in [0.15, 0.2) is 0 Å². The van der Waals surface area contributed by atoms with Gasteiger partial charge < -0.3 is 10.1 Å². The van der Waals surface area contributed by atoms with Crippen LogP contribution in [0.1, 0.15) is 41.0 Å². The molecule has 1 heterocycles. The smallest absolute Gasteiger partial charge is 0.0678 e. The van der Waals surface area contributed by atoms with E-state index < -0.39 is 0 Å². The quantitative estimate of drug-likeness (QED) is 0.722. The molecule has 0 radical (unpaired) electrons. The van der Waals surface area contributed by atoms with Gasteiger partial charge in [0.25, 0.3) is 0 Å². The highest BCUT2D eigenvalue weighted by atomic mass is 16.5. The van der Waals surface area contributed by atoms with E-state index in [1.165, 1.54) is 6.42 Å². The number of hydrogen-bond acceptors (Lipinski definition) is 3. The molecule has 1 rings (SSSR count). The second kappa shape index (κ2) is 7.34. The summed E-state index contributed by atoms with van der Waals surface area (Å²) in [4.78, 5) is 2.58. The van der Waals surface area contributed by atoms with Crippen molar-refractivity contribution in [3.05, 3.63) is 0 Å². The first-order chi connectivity index (χ1) is 8.04. The highest BCUT2D eigenvalue weighted by Gasteiger charge is 2.27. The van der Waals surface area contributed by atoms with Gasteiger partial charge in [0, 0.05) is 19.1 Å². The molecule has 0 amide bonds. The number of nitrogens with one attached hydrogen (secondary N) is 1. The summed E-state index contributed by atoms with van der Waals surface area (Å²) in [6, 6.07) is 0.633. The van der Waals surface area contributed by atoms with Crippen molar-refractivity contribution in [3.8, 4) is 0 Å². The van der Waals surface area contributed by atoms with Crippen LogP contribution in [-0.2, 0) is 4.74 Å². The van der Waals surface area contributed by atoms with Crippen LogP contribution < -0.4 is 5.32 Å². The van der Waals surface area contributed by atoms with E-state index in [-0.39, 0.29) is 0 Å². The summed E-state index contributed by atoms with van der Waals surface area (Å²) in [6.07, 6.45) is 1.96. The molecule has 0 saturated carbocycles. The summed E-state index contributed by atoms with van der Waals surface area (Å²) in [5.74, 6) is 0.694. The largest absolute Gasteiger partial charge is 0.373 e. The van der Waals surface area contributed by atoms with Crippen LogP contribution in [-0.4, -0.2) is 49.3 Å². The summed E-state index contributed by atoms with van der Waals surface area (Å²) in [5.41, 5.74) is 0. The monoisotopic (exact) mass is 242 g/mol. The third-order valence-corrected chi connectivity index (χ3v) is 3.74. The molecule has 4 atom stereocenters. The lowest BCUT2D eigenvalue weighted by molar-refractivity contribution is -0.0837. The average Bonchev–Trinajstić information content (AvgIpc) is 2.27. The summed E-state index contributed by atoms with van der Waals surface area (Å²) < 4.78 is 5.79. The van der Waals surface area contributed by atoms with Crippen molar-refractivity contribution in [3.63, 3.8) is 0 Å². The minimum absolute atomic E-state index is 0.372. The van der Waals surface area contributed by atoms with Crippen molar-refractivity contribution in [2.75, 3.05) is 26.2 Å². The van der Waals surface area contributed by atoms with E-state index in [1.54, 1.807) is 0 Å². The molecule has 0 bridgehead atoms. The van der Waals surface area contributed by atoms with Gasteiger partial charge in [-0.25, -0.2) is 0 Å². The van der Waals surface area contributed by atoms with Crippen molar-refractivity contribution in [1.29, 1.82) is 0 Å². The number of morpholine rings is 1. The molecule has 17 heavy (non-hydrogen) atoms. The normalized spacial score (nSPS) is 30.2. The van der Waals surface area contributed by atoms with Gasteiger partial charge in [-0.05, 0) is 46.2 Å². The maximum atomic E-state index is 5.79. The fourth-order valence-electron chi connectivity index (χ4n) is 2.59. The van der Waals surface area contributed by atoms with Gasteiger partial charge in [0.05, 0.1) is 12.2 Å². The predicted octanol–water partition coefficient (Wildman–Crippen LogP) is 2.12. The van der Waals surface area contributed by atoms with E-state index in [4.69, 9.17) is 4.74 Å². The molecule has 1 aliphatic heterocycles. The lowest BCUT2D eigenvalue weighted by Crippen LogP contribution is -2.52. The van der Waals surface area contributed by atoms with Crippen LogP contribution in [0.25, 0.3) is 0 Å². The van der Waals surface area contributed by atoms with Gasteiger partial charge in [-0.3, -0.25) is 4.90 Å². The molecule has 1 aliphatic rings. The van der Waals surface area contributed by atoms with E-state index in [1.807, 2.05) is 0 Å². The first-order valence-corrected chi connectivity index (χ1v) is 7.14. The van der Waals surface area contributed by atoms with Gasteiger partial charge in [-0.1, -0.05) is 13.8 Å². The van der Waals surface area contributed by atoms with Crippen molar-refractivity contribution in [2.24, 2.45) is 5.92 Å². The van der Waals surface area contributed by atoms with Crippen LogP contribution in [0.5, 0.6) is 0 Å². The Balaban J connectivity index is 2.36. The molecule has 0 aromatic carbocycles. The molecule has 0 aliphatic carbocycles. The van der Waals surface area contributed by atoms with E-state index in [0.29, 0.717) is 24.2 Å². The van der Waals surface area contributed by atoms with Crippen LogP contribution in [0, 0.1) is 5.92 Å². The Labute approximate surface area is 107 Å². The summed E-state index contributed by atoms with van der Waals surface area (Å²) in [7, 11) is 0. The number of hydrogen-bond donors (Lipinski definition) is 1. The van der Waals surface area contributed by atoms with Crippen LogP contribution in [0.2, 0.25) is 0 Å². The fourth-order valence-corrected chi connectivity index (χ4v) is 2.59. The van der Waals surface area contributed by atoms with Gasteiger partial charge in [0.1, 0.15) is 0 Å². The molecule has 0 aromatic rings. The van der Waals surface area contributed by atoms with Crippen molar-refractivity contribution in [2.45, 2.75) is 59.3 Å². The van der Waals surface area contributed by atoms with Gasteiger partial charge in [0.2, 0.25) is 0 Å². The Kier molecular flexibility index (Phi) is 6.45. The maximum Gasteiger partial charge on any atom is 0.0678 e. The topological polar surface area (TPSA) is 24.5 Å². The SMILES string of the molecule is CCCNCC(C)C(C)N1C[C@@H](C)O[C@@H](C)C1. The van der Waals surface area contributed by atoms with Crippen molar-refractivity contribution in [1.82, 2.24) is 10.2 Å². The Bertz CT molecular complexity index is 200. The lowest BCUT2D eigenvalue weighted by atomic mass is 10.0. The van der Waals surface area contributed by atoms with Crippen molar-refractivity contribution < 1.29 is 4.74 Å². The standard InChI is InChI=1S/C14H30N2O/c1-6-7-15-8-11(2)14(5)16-9-12(3)17-13(4)10-16/h11-15H,6-10H2,1-5H3/t11?,12-,13+,14?. The third-order valence-electron chi connectivity index (χ3n) is 3.74. The Morgan fingerprint density at radius 2 is 1.82 bits per heavy atom. The third kappa shape index (κ3) is 4.94. The summed E-state index contributed by atoms with van der Waals surface area (Å²) in [5, 5.41) is 3.52. The second-order valence-electron chi connectivity index (χ2n) is 5.63. The molecule has 0 spiro atoms. The lowest BCUT2D eigenvalue weighted by Gasteiger charge is -2.41. The number of ether oxygens (including phenoxy) is 1. The highest BCUT2D eigenvalue weighted by molar-refractivity contribution is 4.81. The van der Waals surface area contributed by atoms with Gasteiger partial charge in [-0.15, -0.1) is 0 Å². The van der Waals surface area contributed by atoms with Crippen molar-refractivity contribution >= 4 is 0 Å². The molecule has 3 nitrogen and oxygen atoms in total. The van der Waals surface area contributed by atoms with Crippen LogP contribution in [0.4, 0.5) is 0 Å². The Morgan fingerprint density at radius 1 is 1.24 bits per heavy atom. The predicted molar refractivity (Wildman–Crippen MR) is 73.4 cm³/mol. The molecule has 1 saturated heterocycles. The molecular formula is C14H30N2O.